The van der Waals surface area contributed by atoms with Crippen molar-refractivity contribution in [3.8, 4) is 0 Å². The highest BCUT2D eigenvalue weighted by Crippen LogP contribution is 2.22. The van der Waals surface area contributed by atoms with E-state index < -0.39 is 11.5 Å². The zero-order chi connectivity index (χ0) is 16.4. The summed E-state index contributed by atoms with van der Waals surface area (Å²) in [5.41, 5.74) is -0.0268. The zero-order valence-corrected chi connectivity index (χ0v) is 13.7. The van der Waals surface area contributed by atoms with Crippen LogP contribution in [0.1, 0.15) is 62.6 Å². The van der Waals surface area contributed by atoms with Crippen molar-refractivity contribution in [1.82, 2.24) is 14.7 Å². The average molecular weight is 295 g/mol. The Morgan fingerprint density at radius 3 is 2.33 bits per heavy atom. The first-order chi connectivity index (χ1) is 9.68. The van der Waals surface area contributed by atoms with Gasteiger partial charge in [0.1, 0.15) is 5.54 Å². The SMILES string of the molecule is CCC(CC)n1ncc(C(=O)N(C)C(C)(C)C(=O)O)c1C. The van der Waals surface area contributed by atoms with Crippen LogP contribution >= 0.6 is 0 Å². The summed E-state index contributed by atoms with van der Waals surface area (Å²) >= 11 is 0. The molecule has 1 rings (SSSR count). The number of amides is 1. The second-order valence-corrected chi connectivity index (χ2v) is 5.79. The third kappa shape index (κ3) is 3.09. The molecule has 0 spiro atoms. The van der Waals surface area contributed by atoms with Gasteiger partial charge in [0.15, 0.2) is 0 Å². The number of carbonyl (C=O) groups excluding carboxylic acids is 1. The Balaban J connectivity index is 3.13. The maximum Gasteiger partial charge on any atom is 0.329 e. The molecule has 0 aliphatic rings. The maximum atomic E-state index is 12.5. The van der Waals surface area contributed by atoms with Gasteiger partial charge in [-0.1, -0.05) is 13.8 Å². The van der Waals surface area contributed by atoms with Gasteiger partial charge in [0.2, 0.25) is 0 Å². The number of likely N-dealkylation sites (N-methyl/N-ethyl adjacent to an activating group) is 1. The molecule has 6 nitrogen and oxygen atoms in total. The summed E-state index contributed by atoms with van der Waals surface area (Å²) in [5.74, 6) is -1.36. The largest absolute Gasteiger partial charge is 0.480 e. The molecule has 0 fully saturated rings. The minimum absolute atomic E-state index is 0.254. The van der Waals surface area contributed by atoms with E-state index in [9.17, 15) is 14.7 Å². The van der Waals surface area contributed by atoms with E-state index in [1.54, 1.807) is 0 Å². The lowest BCUT2D eigenvalue weighted by atomic mass is 10.0. The van der Waals surface area contributed by atoms with Crippen LogP contribution in [0, 0.1) is 6.92 Å². The summed E-state index contributed by atoms with van der Waals surface area (Å²) in [6, 6.07) is 0.254. The van der Waals surface area contributed by atoms with Crippen molar-refractivity contribution in [3.63, 3.8) is 0 Å². The van der Waals surface area contributed by atoms with E-state index in [-0.39, 0.29) is 11.9 Å². The summed E-state index contributed by atoms with van der Waals surface area (Å²) in [5, 5.41) is 13.5. The molecule has 0 aliphatic carbocycles. The van der Waals surface area contributed by atoms with Crippen molar-refractivity contribution in [3.05, 3.63) is 17.5 Å². The van der Waals surface area contributed by atoms with Gasteiger partial charge in [-0.3, -0.25) is 9.48 Å². The van der Waals surface area contributed by atoms with Crippen LogP contribution in [0.2, 0.25) is 0 Å². The van der Waals surface area contributed by atoms with Crippen LogP contribution in [0.25, 0.3) is 0 Å². The van der Waals surface area contributed by atoms with Crippen molar-refractivity contribution in [1.29, 1.82) is 0 Å². The molecule has 1 aromatic rings. The monoisotopic (exact) mass is 295 g/mol. The van der Waals surface area contributed by atoms with Gasteiger partial charge in [0.25, 0.3) is 5.91 Å². The molecule has 1 heterocycles. The molecule has 1 N–H and O–H groups in total. The van der Waals surface area contributed by atoms with Crippen LogP contribution in [0.5, 0.6) is 0 Å². The highest BCUT2D eigenvalue weighted by Gasteiger charge is 2.36. The minimum atomic E-state index is -1.26. The van der Waals surface area contributed by atoms with E-state index in [1.807, 2.05) is 11.6 Å². The lowest BCUT2D eigenvalue weighted by Crippen LogP contribution is -2.50. The quantitative estimate of drug-likeness (QED) is 0.875. The van der Waals surface area contributed by atoms with Gasteiger partial charge < -0.3 is 10.0 Å². The topological polar surface area (TPSA) is 75.4 Å². The zero-order valence-electron chi connectivity index (χ0n) is 13.7. The van der Waals surface area contributed by atoms with Crippen molar-refractivity contribution < 1.29 is 14.7 Å². The molecular weight excluding hydrogens is 270 g/mol. The first-order valence-electron chi connectivity index (χ1n) is 7.24. The van der Waals surface area contributed by atoms with Crippen LogP contribution in [-0.2, 0) is 4.79 Å². The van der Waals surface area contributed by atoms with Crippen LogP contribution in [0.4, 0.5) is 0 Å². The molecule has 0 unspecified atom stereocenters. The number of carboxylic acid groups (broad SMARTS) is 1. The summed E-state index contributed by atoms with van der Waals surface area (Å²) in [6.45, 7) is 9.02. The minimum Gasteiger partial charge on any atom is -0.480 e. The second kappa shape index (κ2) is 6.28. The maximum absolute atomic E-state index is 12.5. The molecule has 21 heavy (non-hydrogen) atoms. The van der Waals surface area contributed by atoms with E-state index >= 15 is 0 Å². The fourth-order valence-corrected chi connectivity index (χ4v) is 2.21. The van der Waals surface area contributed by atoms with E-state index in [4.69, 9.17) is 0 Å². The van der Waals surface area contributed by atoms with Crippen LogP contribution in [-0.4, -0.2) is 44.3 Å². The van der Waals surface area contributed by atoms with Crippen molar-refractivity contribution in [2.75, 3.05) is 7.05 Å². The van der Waals surface area contributed by atoms with Gasteiger partial charge in [-0.05, 0) is 33.6 Å². The Bertz CT molecular complexity index is 530. The van der Waals surface area contributed by atoms with Crippen molar-refractivity contribution in [2.45, 2.75) is 59.0 Å². The average Bonchev–Trinajstić information content (AvgIpc) is 2.80. The Morgan fingerprint density at radius 1 is 1.38 bits per heavy atom. The third-order valence-corrected chi connectivity index (χ3v) is 4.23. The van der Waals surface area contributed by atoms with Gasteiger partial charge in [0.05, 0.1) is 17.8 Å². The molecule has 0 bridgehead atoms. The van der Waals surface area contributed by atoms with E-state index in [0.717, 1.165) is 18.5 Å². The Hall–Kier alpha value is -1.85. The number of aliphatic carboxylic acids is 1. The van der Waals surface area contributed by atoms with E-state index in [1.165, 1.54) is 32.0 Å². The molecule has 0 aliphatic heterocycles. The fraction of sp³-hybridized carbons (Fsp3) is 0.667. The van der Waals surface area contributed by atoms with Crippen molar-refractivity contribution in [2.24, 2.45) is 0 Å². The summed E-state index contributed by atoms with van der Waals surface area (Å²) in [4.78, 5) is 25.1. The molecule has 0 atom stereocenters. The summed E-state index contributed by atoms with van der Waals surface area (Å²) in [6.07, 6.45) is 3.40. The number of hydrogen-bond donors (Lipinski definition) is 1. The van der Waals surface area contributed by atoms with Crippen LogP contribution in [0.3, 0.4) is 0 Å². The van der Waals surface area contributed by atoms with Crippen LogP contribution < -0.4 is 0 Å². The highest BCUT2D eigenvalue weighted by molar-refractivity contribution is 5.98. The second-order valence-electron chi connectivity index (χ2n) is 5.79. The number of hydrogen-bond acceptors (Lipinski definition) is 3. The molecule has 0 saturated heterocycles. The number of aromatic nitrogens is 2. The molecule has 118 valence electrons. The molecule has 1 aromatic heterocycles. The molecular formula is C15H25N3O3. The number of carboxylic acids is 1. The predicted octanol–water partition coefficient (Wildman–Crippen LogP) is 2.49. The number of carbonyl (C=O) groups is 2. The van der Waals surface area contributed by atoms with Crippen molar-refractivity contribution >= 4 is 11.9 Å². The molecule has 0 radical (unpaired) electrons. The van der Waals surface area contributed by atoms with Gasteiger partial charge in [-0.15, -0.1) is 0 Å². The Labute approximate surface area is 125 Å². The lowest BCUT2D eigenvalue weighted by molar-refractivity contribution is -0.147. The fourth-order valence-electron chi connectivity index (χ4n) is 2.21. The van der Waals surface area contributed by atoms with Gasteiger partial charge in [-0.25, -0.2) is 4.79 Å². The molecule has 1 amide bonds. The lowest BCUT2D eigenvalue weighted by Gasteiger charge is -2.31. The Morgan fingerprint density at radius 2 is 1.90 bits per heavy atom. The van der Waals surface area contributed by atoms with Gasteiger partial charge >= 0.3 is 5.97 Å². The van der Waals surface area contributed by atoms with Gasteiger partial charge in [-0.2, -0.15) is 5.10 Å². The van der Waals surface area contributed by atoms with E-state index in [2.05, 4.69) is 18.9 Å². The molecule has 6 heteroatoms. The number of nitrogens with zero attached hydrogens (tertiary/aromatic N) is 3. The first-order valence-corrected chi connectivity index (χ1v) is 7.24. The van der Waals surface area contributed by atoms with Gasteiger partial charge in [0, 0.05) is 12.7 Å². The third-order valence-electron chi connectivity index (χ3n) is 4.23. The summed E-state index contributed by atoms with van der Waals surface area (Å²) < 4.78 is 1.86. The van der Waals surface area contributed by atoms with Crippen LogP contribution in [0.15, 0.2) is 6.20 Å². The summed E-state index contributed by atoms with van der Waals surface area (Å²) in [7, 11) is 1.50. The highest BCUT2D eigenvalue weighted by atomic mass is 16.4. The normalized spacial score (nSPS) is 11.8. The first kappa shape index (κ1) is 17.2. The Kier molecular flexibility index (Phi) is 5.15. The van der Waals surface area contributed by atoms with E-state index in [0.29, 0.717) is 5.56 Å². The smallest absolute Gasteiger partial charge is 0.329 e. The standard InChI is InChI=1S/C15H25N3O3/c1-7-11(8-2)18-10(3)12(9-16-18)13(19)17(6)15(4,5)14(20)21/h9,11H,7-8H2,1-6H3,(H,20,21). The number of rotatable bonds is 6. The molecule has 0 aromatic carbocycles. The molecule has 0 saturated carbocycles. The predicted molar refractivity (Wildman–Crippen MR) is 80.4 cm³/mol.